The first-order valence-electron chi connectivity index (χ1n) is 10.3. The number of amides is 1. The van der Waals surface area contributed by atoms with Crippen molar-refractivity contribution in [2.24, 2.45) is 0 Å². The molecule has 0 aliphatic carbocycles. The van der Waals surface area contributed by atoms with Crippen LogP contribution in [0.15, 0.2) is 75.6 Å². The highest BCUT2D eigenvalue weighted by molar-refractivity contribution is 9.10. The molecule has 0 aliphatic rings. The van der Waals surface area contributed by atoms with Crippen molar-refractivity contribution in [3.05, 3.63) is 82.3 Å². The first-order valence-corrected chi connectivity index (χ1v) is 11.5. The third-order valence-corrected chi connectivity index (χ3v) is 6.03. The Labute approximate surface area is 200 Å². The first kappa shape index (κ1) is 22.2. The number of nitrogens with zero attached hydrogens (tertiary/aromatic N) is 1. The molecule has 0 fully saturated rings. The van der Waals surface area contributed by atoms with E-state index in [1.165, 1.54) is 5.56 Å². The molecule has 162 valence electrons. The smallest absolute Gasteiger partial charge is 0.257 e. The molecular formula is C25H22BrN3O2S. The van der Waals surface area contributed by atoms with Crippen LogP contribution in [-0.2, 0) is 0 Å². The van der Waals surface area contributed by atoms with Crippen LogP contribution in [0.1, 0.15) is 42.1 Å². The van der Waals surface area contributed by atoms with Crippen molar-refractivity contribution >= 4 is 56.0 Å². The van der Waals surface area contributed by atoms with Crippen molar-refractivity contribution in [1.82, 2.24) is 10.3 Å². The molecule has 7 heteroatoms. The Morgan fingerprint density at radius 2 is 1.91 bits per heavy atom. The number of aromatic nitrogens is 1. The van der Waals surface area contributed by atoms with E-state index in [1.54, 1.807) is 24.3 Å². The lowest BCUT2D eigenvalue weighted by molar-refractivity contribution is 0.0977. The molecule has 1 atom stereocenters. The van der Waals surface area contributed by atoms with Gasteiger partial charge in [0.05, 0.1) is 0 Å². The molecule has 0 radical (unpaired) electrons. The standard InChI is InChI=1S/C25H22BrN3O2S/c1-3-15(2)17-9-12-22-21(14-17)28-24(31-22)18-5-4-6-20(13-18)27-25(32)29-23(30)16-7-10-19(26)11-8-16/h4-15H,3H2,1-2H3,(H2,27,29,30,32). The van der Waals surface area contributed by atoms with Gasteiger partial charge >= 0.3 is 0 Å². The van der Waals surface area contributed by atoms with Crippen molar-refractivity contribution < 1.29 is 9.21 Å². The van der Waals surface area contributed by atoms with Gasteiger partial charge in [0.15, 0.2) is 10.7 Å². The summed E-state index contributed by atoms with van der Waals surface area (Å²) in [4.78, 5) is 17.0. The van der Waals surface area contributed by atoms with E-state index in [9.17, 15) is 4.79 Å². The Kier molecular flexibility index (Phi) is 6.67. The summed E-state index contributed by atoms with van der Waals surface area (Å²) in [5.74, 6) is 0.734. The summed E-state index contributed by atoms with van der Waals surface area (Å²) in [6, 6.07) is 20.8. The Morgan fingerprint density at radius 3 is 2.66 bits per heavy atom. The number of anilines is 1. The monoisotopic (exact) mass is 507 g/mol. The van der Waals surface area contributed by atoms with Crippen LogP contribution in [-0.4, -0.2) is 16.0 Å². The second-order valence-corrected chi connectivity index (χ2v) is 8.88. The van der Waals surface area contributed by atoms with E-state index >= 15 is 0 Å². The van der Waals surface area contributed by atoms with E-state index in [0.717, 1.165) is 33.2 Å². The van der Waals surface area contributed by atoms with E-state index in [4.69, 9.17) is 16.6 Å². The molecule has 4 rings (SSSR count). The zero-order valence-electron chi connectivity index (χ0n) is 17.7. The van der Waals surface area contributed by atoms with Gasteiger partial charge < -0.3 is 9.73 Å². The summed E-state index contributed by atoms with van der Waals surface area (Å²) in [6.45, 7) is 4.38. The number of carbonyl (C=O) groups excluding carboxylic acids is 1. The number of hydrogen-bond donors (Lipinski definition) is 2. The molecule has 0 aliphatic heterocycles. The van der Waals surface area contributed by atoms with Gasteiger partial charge in [0, 0.05) is 21.3 Å². The highest BCUT2D eigenvalue weighted by Crippen LogP contribution is 2.29. The van der Waals surface area contributed by atoms with Gasteiger partial charge in [-0.1, -0.05) is 41.9 Å². The molecule has 0 saturated heterocycles. The van der Waals surface area contributed by atoms with Gasteiger partial charge in [0.2, 0.25) is 5.89 Å². The predicted octanol–water partition coefficient (Wildman–Crippen LogP) is 6.90. The van der Waals surface area contributed by atoms with Crippen molar-refractivity contribution in [2.45, 2.75) is 26.2 Å². The fraction of sp³-hybridized carbons (Fsp3) is 0.160. The topological polar surface area (TPSA) is 67.2 Å². The Morgan fingerprint density at radius 1 is 1.12 bits per heavy atom. The minimum atomic E-state index is -0.276. The molecular weight excluding hydrogens is 486 g/mol. The van der Waals surface area contributed by atoms with Crippen LogP contribution in [0.25, 0.3) is 22.6 Å². The number of benzene rings is 3. The predicted molar refractivity (Wildman–Crippen MR) is 136 cm³/mol. The van der Waals surface area contributed by atoms with E-state index in [2.05, 4.69) is 57.5 Å². The molecule has 1 amide bonds. The number of halogens is 1. The lowest BCUT2D eigenvalue weighted by atomic mass is 9.98. The SMILES string of the molecule is CCC(C)c1ccc2oc(-c3cccc(NC(=S)NC(=O)c4ccc(Br)cc4)c3)nc2c1. The van der Waals surface area contributed by atoms with Gasteiger partial charge in [0.1, 0.15) is 5.52 Å². The molecule has 1 unspecified atom stereocenters. The molecule has 5 nitrogen and oxygen atoms in total. The molecule has 0 saturated carbocycles. The summed E-state index contributed by atoms with van der Waals surface area (Å²) in [6.07, 6.45) is 1.07. The third kappa shape index (κ3) is 5.06. The number of oxazole rings is 1. The minimum Gasteiger partial charge on any atom is -0.436 e. The van der Waals surface area contributed by atoms with Gasteiger partial charge in [-0.3, -0.25) is 10.1 Å². The zero-order chi connectivity index (χ0) is 22.7. The van der Waals surface area contributed by atoms with Crippen LogP contribution in [0.5, 0.6) is 0 Å². The molecule has 1 heterocycles. The number of nitrogens with one attached hydrogen (secondary N) is 2. The summed E-state index contributed by atoms with van der Waals surface area (Å²) in [7, 11) is 0. The number of rotatable bonds is 5. The lowest BCUT2D eigenvalue weighted by Crippen LogP contribution is -2.34. The maximum atomic E-state index is 12.4. The number of thiocarbonyl (C=S) groups is 1. The third-order valence-electron chi connectivity index (χ3n) is 5.29. The van der Waals surface area contributed by atoms with Crippen LogP contribution in [0.2, 0.25) is 0 Å². The van der Waals surface area contributed by atoms with Crippen LogP contribution in [0.4, 0.5) is 5.69 Å². The van der Waals surface area contributed by atoms with Gasteiger partial charge in [-0.2, -0.15) is 0 Å². The maximum absolute atomic E-state index is 12.4. The van der Waals surface area contributed by atoms with Crippen molar-refractivity contribution in [3.8, 4) is 11.5 Å². The molecule has 0 bridgehead atoms. The molecule has 2 N–H and O–H groups in total. The van der Waals surface area contributed by atoms with Crippen LogP contribution in [0, 0.1) is 0 Å². The van der Waals surface area contributed by atoms with Crippen LogP contribution >= 0.6 is 28.1 Å². The second kappa shape index (κ2) is 9.63. The Balaban J connectivity index is 1.49. The van der Waals surface area contributed by atoms with Gasteiger partial charge in [0.25, 0.3) is 5.91 Å². The van der Waals surface area contributed by atoms with Crippen molar-refractivity contribution in [1.29, 1.82) is 0 Å². The number of fused-ring (bicyclic) bond motifs is 1. The van der Waals surface area contributed by atoms with E-state index in [-0.39, 0.29) is 11.0 Å². The summed E-state index contributed by atoms with van der Waals surface area (Å²) >= 11 is 8.67. The van der Waals surface area contributed by atoms with Crippen molar-refractivity contribution in [3.63, 3.8) is 0 Å². The van der Waals surface area contributed by atoms with Gasteiger partial charge in [-0.15, -0.1) is 0 Å². The minimum absolute atomic E-state index is 0.214. The second-order valence-electron chi connectivity index (χ2n) is 7.55. The summed E-state index contributed by atoms with van der Waals surface area (Å²) in [5, 5.41) is 5.96. The maximum Gasteiger partial charge on any atom is 0.257 e. The average molecular weight is 508 g/mol. The summed E-state index contributed by atoms with van der Waals surface area (Å²) in [5.41, 5.74) is 4.91. The van der Waals surface area contributed by atoms with Crippen LogP contribution < -0.4 is 10.6 Å². The average Bonchev–Trinajstić information content (AvgIpc) is 3.22. The highest BCUT2D eigenvalue weighted by Gasteiger charge is 2.12. The van der Waals surface area contributed by atoms with E-state index in [1.807, 2.05) is 30.3 Å². The van der Waals surface area contributed by atoms with E-state index < -0.39 is 0 Å². The molecule has 32 heavy (non-hydrogen) atoms. The Hall–Kier alpha value is -3.03. The largest absolute Gasteiger partial charge is 0.436 e. The molecule has 3 aromatic carbocycles. The van der Waals surface area contributed by atoms with Crippen molar-refractivity contribution in [2.75, 3.05) is 5.32 Å². The molecule has 1 aromatic heterocycles. The highest BCUT2D eigenvalue weighted by atomic mass is 79.9. The zero-order valence-corrected chi connectivity index (χ0v) is 20.1. The fourth-order valence-electron chi connectivity index (χ4n) is 3.28. The number of hydrogen-bond acceptors (Lipinski definition) is 4. The van der Waals surface area contributed by atoms with Gasteiger partial charge in [-0.25, -0.2) is 4.98 Å². The quantitative estimate of drug-likeness (QED) is 0.287. The fourth-order valence-corrected chi connectivity index (χ4v) is 3.75. The summed E-state index contributed by atoms with van der Waals surface area (Å²) < 4.78 is 6.87. The van der Waals surface area contributed by atoms with Crippen LogP contribution in [0.3, 0.4) is 0 Å². The first-order chi connectivity index (χ1) is 15.4. The Bertz CT molecular complexity index is 1280. The molecule has 4 aromatic rings. The van der Waals surface area contributed by atoms with Gasteiger partial charge in [-0.05, 0) is 84.7 Å². The van der Waals surface area contributed by atoms with E-state index in [0.29, 0.717) is 17.4 Å². The molecule has 0 spiro atoms. The number of carbonyl (C=O) groups is 1. The normalized spacial score (nSPS) is 11.8. The lowest BCUT2D eigenvalue weighted by Gasteiger charge is -2.10.